The molecule has 2 heterocycles. The Morgan fingerprint density at radius 2 is 0.898 bits per heavy atom. The summed E-state index contributed by atoms with van der Waals surface area (Å²) < 4.78 is 6.36. The molecule has 0 saturated heterocycles. The molecule has 0 spiro atoms. The minimum absolute atomic E-state index is 0.874. The highest BCUT2D eigenvalue weighted by Crippen LogP contribution is 2.44. The van der Waals surface area contributed by atoms with Gasteiger partial charge in [0.1, 0.15) is 11.2 Å². The van der Waals surface area contributed by atoms with Crippen molar-refractivity contribution in [3.8, 4) is 44.6 Å². The van der Waals surface area contributed by atoms with Crippen molar-refractivity contribution in [2.24, 2.45) is 0 Å². The maximum absolute atomic E-state index is 6.36. The lowest BCUT2D eigenvalue weighted by Crippen LogP contribution is -1.92. The number of hydrogen-bond acceptors (Lipinski definition) is 2. The molecule has 0 aliphatic rings. The van der Waals surface area contributed by atoms with Crippen molar-refractivity contribution >= 4 is 54.3 Å². The molecule has 0 bridgehead atoms. The molecule has 0 N–H and O–H groups in total. The molecular weight excluding hydrogens is 595 g/mol. The van der Waals surface area contributed by atoms with E-state index >= 15 is 0 Å². The zero-order valence-corrected chi connectivity index (χ0v) is 26.6. The van der Waals surface area contributed by atoms with Crippen LogP contribution in [-0.4, -0.2) is 4.98 Å². The highest BCUT2D eigenvalue weighted by molar-refractivity contribution is 6.22. The van der Waals surface area contributed by atoms with Crippen LogP contribution in [0.3, 0.4) is 0 Å². The molecular formula is C47H29NO. The first kappa shape index (κ1) is 27.6. The highest BCUT2D eigenvalue weighted by Gasteiger charge is 2.17. The Balaban J connectivity index is 1.08. The Labute approximate surface area is 283 Å². The molecule has 0 amide bonds. The standard InChI is InChI=1S/C47H29NO/c1-2-10-30(11-3-1)31-18-20-33(21-19-31)45-37-14-6-8-16-39(37)46(40-17-9-7-15-38(40)45)35-23-26-42(48-29-35)34-22-25-41-44(28-34)49-43-27-24-32-12-4-5-13-36(32)47(41)43/h1-29H. The first-order valence-corrected chi connectivity index (χ1v) is 16.7. The third-order valence-corrected chi connectivity index (χ3v) is 9.92. The lowest BCUT2D eigenvalue weighted by molar-refractivity contribution is 0.669. The van der Waals surface area contributed by atoms with Crippen molar-refractivity contribution in [1.82, 2.24) is 4.98 Å². The lowest BCUT2D eigenvalue weighted by Gasteiger charge is -2.18. The second kappa shape index (κ2) is 11.0. The van der Waals surface area contributed by atoms with Crippen LogP contribution in [0.15, 0.2) is 180 Å². The summed E-state index contributed by atoms with van der Waals surface area (Å²) in [6.45, 7) is 0. The minimum Gasteiger partial charge on any atom is -0.456 e. The molecule has 0 unspecified atom stereocenters. The fourth-order valence-corrected chi connectivity index (χ4v) is 7.63. The molecule has 0 fully saturated rings. The van der Waals surface area contributed by atoms with Crippen LogP contribution >= 0.6 is 0 Å². The molecule has 8 aromatic carbocycles. The number of pyridine rings is 1. The van der Waals surface area contributed by atoms with Gasteiger partial charge in [-0.3, -0.25) is 4.98 Å². The third kappa shape index (κ3) is 4.46. The van der Waals surface area contributed by atoms with Crippen molar-refractivity contribution in [3.05, 3.63) is 176 Å². The van der Waals surface area contributed by atoms with Gasteiger partial charge in [-0.15, -0.1) is 0 Å². The van der Waals surface area contributed by atoms with Crippen molar-refractivity contribution in [1.29, 1.82) is 0 Å². The predicted octanol–water partition coefficient (Wildman–Crippen LogP) is 13.1. The molecule has 0 atom stereocenters. The molecule has 2 heteroatoms. The number of rotatable bonds is 4. The van der Waals surface area contributed by atoms with Gasteiger partial charge in [0.05, 0.1) is 5.69 Å². The smallest absolute Gasteiger partial charge is 0.136 e. The summed E-state index contributed by atoms with van der Waals surface area (Å²) in [7, 11) is 0. The van der Waals surface area contributed by atoms with Gasteiger partial charge in [0.2, 0.25) is 0 Å². The molecule has 0 radical (unpaired) electrons. The summed E-state index contributed by atoms with van der Waals surface area (Å²) in [4.78, 5) is 5.03. The topological polar surface area (TPSA) is 26.0 Å². The van der Waals surface area contributed by atoms with Crippen molar-refractivity contribution in [2.45, 2.75) is 0 Å². The van der Waals surface area contributed by atoms with E-state index in [0.29, 0.717) is 0 Å². The third-order valence-electron chi connectivity index (χ3n) is 9.92. The normalized spacial score (nSPS) is 11.7. The van der Waals surface area contributed by atoms with E-state index in [0.717, 1.165) is 38.8 Å². The quantitative estimate of drug-likeness (QED) is 0.182. The number of aromatic nitrogens is 1. The molecule has 49 heavy (non-hydrogen) atoms. The summed E-state index contributed by atoms with van der Waals surface area (Å²) in [5.74, 6) is 0. The van der Waals surface area contributed by atoms with E-state index in [1.165, 1.54) is 60.1 Å². The van der Waals surface area contributed by atoms with E-state index in [2.05, 4.69) is 170 Å². The van der Waals surface area contributed by atoms with Gasteiger partial charge in [-0.25, -0.2) is 0 Å². The average Bonchev–Trinajstić information content (AvgIpc) is 3.56. The maximum atomic E-state index is 6.36. The van der Waals surface area contributed by atoms with Crippen molar-refractivity contribution in [2.75, 3.05) is 0 Å². The van der Waals surface area contributed by atoms with Gasteiger partial charge in [0.25, 0.3) is 0 Å². The first-order chi connectivity index (χ1) is 24.3. The van der Waals surface area contributed by atoms with E-state index in [1.54, 1.807) is 0 Å². The zero-order valence-electron chi connectivity index (χ0n) is 26.6. The highest BCUT2D eigenvalue weighted by atomic mass is 16.3. The van der Waals surface area contributed by atoms with Crippen molar-refractivity contribution < 1.29 is 4.42 Å². The fourth-order valence-electron chi connectivity index (χ4n) is 7.63. The van der Waals surface area contributed by atoms with Gasteiger partial charge >= 0.3 is 0 Å². The van der Waals surface area contributed by atoms with Crippen LogP contribution in [0.1, 0.15) is 0 Å². The molecule has 0 aliphatic heterocycles. The monoisotopic (exact) mass is 623 g/mol. The van der Waals surface area contributed by atoms with E-state index < -0.39 is 0 Å². The Morgan fingerprint density at radius 3 is 1.57 bits per heavy atom. The molecule has 0 saturated carbocycles. The van der Waals surface area contributed by atoms with E-state index in [-0.39, 0.29) is 0 Å². The van der Waals surface area contributed by atoms with Gasteiger partial charge in [-0.05, 0) is 84.4 Å². The Bertz CT molecular complexity index is 2790. The number of benzene rings is 8. The van der Waals surface area contributed by atoms with Gasteiger partial charge in [-0.1, -0.05) is 146 Å². The molecule has 2 nitrogen and oxygen atoms in total. The van der Waals surface area contributed by atoms with E-state index in [4.69, 9.17) is 9.40 Å². The van der Waals surface area contributed by atoms with Crippen LogP contribution < -0.4 is 0 Å². The van der Waals surface area contributed by atoms with Crippen molar-refractivity contribution in [3.63, 3.8) is 0 Å². The Hall–Kier alpha value is -6.51. The van der Waals surface area contributed by atoms with E-state index in [9.17, 15) is 0 Å². The SMILES string of the molecule is c1ccc(-c2ccc(-c3c4ccccc4c(-c4ccc(-c5ccc6c(c5)oc5ccc7ccccc7c56)nc4)c4ccccc34)cc2)cc1. The molecule has 2 aromatic heterocycles. The van der Waals surface area contributed by atoms with Crippen LogP contribution in [0.25, 0.3) is 98.9 Å². The average molecular weight is 624 g/mol. The molecule has 10 aromatic rings. The lowest BCUT2D eigenvalue weighted by atomic mass is 9.86. The van der Waals surface area contributed by atoms with Gasteiger partial charge in [0.15, 0.2) is 0 Å². The van der Waals surface area contributed by atoms with Crippen LogP contribution in [0, 0.1) is 0 Å². The summed E-state index contributed by atoms with van der Waals surface area (Å²) in [6, 6.07) is 60.5. The van der Waals surface area contributed by atoms with Crippen LogP contribution in [0.4, 0.5) is 0 Å². The maximum Gasteiger partial charge on any atom is 0.136 e. The Morgan fingerprint density at radius 1 is 0.347 bits per heavy atom. The van der Waals surface area contributed by atoms with Crippen LogP contribution in [0.5, 0.6) is 0 Å². The van der Waals surface area contributed by atoms with Crippen LogP contribution in [-0.2, 0) is 0 Å². The molecule has 228 valence electrons. The van der Waals surface area contributed by atoms with Gasteiger partial charge in [0, 0.05) is 28.1 Å². The summed E-state index contributed by atoms with van der Waals surface area (Å²) in [5.41, 5.74) is 10.9. The summed E-state index contributed by atoms with van der Waals surface area (Å²) in [6.07, 6.45) is 2.02. The largest absolute Gasteiger partial charge is 0.456 e. The van der Waals surface area contributed by atoms with Gasteiger partial charge < -0.3 is 4.42 Å². The second-order valence-electron chi connectivity index (χ2n) is 12.7. The minimum atomic E-state index is 0.874. The molecule has 10 rings (SSSR count). The number of nitrogens with zero attached hydrogens (tertiary/aromatic N) is 1. The van der Waals surface area contributed by atoms with Gasteiger partial charge in [-0.2, -0.15) is 0 Å². The number of furan rings is 1. The molecule has 0 aliphatic carbocycles. The number of hydrogen-bond donors (Lipinski definition) is 0. The van der Waals surface area contributed by atoms with E-state index in [1.807, 2.05) is 6.20 Å². The van der Waals surface area contributed by atoms with Crippen LogP contribution in [0.2, 0.25) is 0 Å². The first-order valence-electron chi connectivity index (χ1n) is 16.7. The second-order valence-corrected chi connectivity index (χ2v) is 12.7. The number of fused-ring (bicyclic) bond motifs is 7. The Kier molecular flexibility index (Phi) is 6.22. The summed E-state index contributed by atoms with van der Waals surface area (Å²) >= 11 is 0. The fraction of sp³-hybridized carbons (Fsp3) is 0. The zero-order chi connectivity index (χ0) is 32.3. The summed E-state index contributed by atoms with van der Waals surface area (Å²) in [5, 5.41) is 9.61. The predicted molar refractivity (Wildman–Crippen MR) is 206 cm³/mol.